The Bertz CT molecular complexity index is 1050. The summed E-state index contributed by atoms with van der Waals surface area (Å²) < 4.78 is 1.20. The summed E-state index contributed by atoms with van der Waals surface area (Å²) in [6.07, 6.45) is 2.08. The lowest BCUT2D eigenvalue weighted by Crippen LogP contribution is -1.89. The van der Waals surface area contributed by atoms with Gasteiger partial charge in [-0.05, 0) is 43.9 Å². The largest absolute Gasteiger partial charge is 0.307 e. The summed E-state index contributed by atoms with van der Waals surface area (Å²) >= 11 is 5.00. The number of hydrogen-bond donors (Lipinski definition) is 1. The summed E-state index contributed by atoms with van der Waals surface area (Å²) in [4.78, 5) is 10.7. The van der Waals surface area contributed by atoms with Crippen molar-refractivity contribution in [1.29, 1.82) is 0 Å². The molecule has 2 aromatic heterocycles. The molecule has 0 aliphatic carbocycles. The fourth-order valence-electron chi connectivity index (χ4n) is 2.70. The Kier molecular flexibility index (Phi) is 4.50. The molecule has 3 nitrogen and oxygen atoms in total. The highest BCUT2D eigenvalue weighted by Crippen LogP contribution is 2.35. The van der Waals surface area contributed by atoms with Crippen molar-refractivity contribution in [2.45, 2.75) is 18.7 Å². The second kappa shape index (κ2) is 6.78. The number of anilines is 2. The van der Waals surface area contributed by atoms with Gasteiger partial charge in [-0.1, -0.05) is 35.1 Å². The summed E-state index contributed by atoms with van der Waals surface area (Å²) in [5, 5.41) is 7.24. The van der Waals surface area contributed by atoms with Gasteiger partial charge in [0.2, 0.25) is 0 Å². The molecule has 0 spiro atoms. The molecule has 126 valence electrons. The SMILES string of the molecule is CSc1cccc2sc(Nc3nc(-c4cc(C)ccc4C)cs3)nc12. The normalized spacial score (nSPS) is 11.2. The Hall–Kier alpha value is -1.89. The number of aromatic nitrogens is 2. The van der Waals surface area contributed by atoms with Crippen LogP contribution in [0.1, 0.15) is 11.1 Å². The Balaban J connectivity index is 1.64. The molecule has 4 aromatic rings. The molecule has 25 heavy (non-hydrogen) atoms. The van der Waals surface area contributed by atoms with Crippen molar-refractivity contribution in [3.05, 3.63) is 52.9 Å². The van der Waals surface area contributed by atoms with E-state index >= 15 is 0 Å². The number of para-hydroxylation sites is 1. The van der Waals surface area contributed by atoms with Crippen LogP contribution in [0.3, 0.4) is 0 Å². The Labute approximate surface area is 159 Å². The van der Waals surface area contributed by atoms with Crippen molar-refractivity contribution in [1.82, 2.24) is 9.97 Å². The highest BCUT2D eigenvalue weighted by Gasteiger charge is 2.11. The van der Waals surface area contributed by atoms with Crippen molar-refractivity contribution >= 4 is 54.9 Å². The number of nitrogens with zero attached hydrogens (tertiary/aromatic N) is 2. The average Bonchev–Trinajstić information content (AvgIpc) is 3.23. The Morgan fingerprint density at radius 3 is 2.76 bits per heavy atom. The molecular formula is C19H17N3S3. The van der Waals surface area contributed by atoms with E-state index in [1.165, 1.54) is 26.3 Å². The fraction of sp³-hybridized carbons (Fsp3) is 0.158. The second-order valence-corrected chi connectivity index (χ2v) is 8.54. The van der Waals surface area contributed by atoms with Crippen LogP contribution in [0, 0.1) is 13.8 Å². The highest BCUT2D eigenvalue weighted by atomic mass is 32.2. The molecule has 0 amide bonds. The van der Waals surface area contributed by atoms with Crippen LogP contribution in [0.5, 0.6) is 0 Å². The number of rotatable bonds is 4. The zero-order chi connectivity index (χ0) is 17.4. The molecule has 0 aliphatic heterocycles. The van der Waals surface area contributed by atoms with Gasteiger partial charge in [0, 0.05) is 15.8 Å². The number of thiazole rings is 2. The van der Waals surface area contributed by atoms with E-state index in [9.17, 15) is 0 Å². The van der Waals surface area contributed by atoms with E-state index in [1.54, 1.807) is 34.4 Å². The summed E-state index contributed by atoms with van der Waals surface area (Å²) in [7, 11) is 0. The smallest absolute Gasteiger partial charge is 0.190 e. The topological polar surface area (TPSA) is 37.8 Å². The predicted octanol–water partition coefficient (Wildman–Crippen LogP) is 6.50. The van der Waals surface area contributed by atoms with Crippen molar-refractivity contribution in [3.8, 4) is 11.3 Å². The van der Waals surface area contributed by atoms with Gasteiger partial charge in [-0.15, -0.1) is 23.1 Å². The molecule has 6 heteroatoms. The monoisotopic (exact) mass is 383 g/mol. The third-order valence-corrected chi connectivity index (χ3v) is 6.45. The summed E-state index contributed by atoms with van der Waals surface area (Å²) in [6.45, 7) is 4.23. The molecule has 0 bridgehead atoms. The van der Waals surface area contributed by atoms with Crippen LogP contribution in [-0.2, 0) is 0 Å². The first-order valence-electron chi connectivity index (χ1n) is 7.88. The quantitative estimate of drug-likeness (QED) is 0.408. The van der Waals surface area contributed by atoms with Crippen molar-refractivity contribution in [2.75, 3.05) is 11.6 Å². The second-order valence-electron chi connectivity index (χ2n) is 5.81. The molecular weight excluding hydrogens is 366 g/mol. The molecule has 2 aromatic carbocycles. The van der Waals surface area contributed by atoms with Crippen LogP contribution < -0.4 is 5.32 Å². The molecule has 0 radical (unpaired) electrons. The maximum atomic E-state index is 4.76. The molecule has 1 N–H and O–H groups in total. The van der Waals surface area contributed by atoms with Crippen molar-refractivity contribution < 1.29 is 0 Å². The molecule has 0 atom stereocenters. The van der Waals surface area contributed by atoms with E-state index in [4.69, 9.17) is 9.97 Å². The molecule has 0 saturated carbocycles. The van der Waals surface area contributed by atoms with Crippen molar-refractivity contribution in [2.24, 2.45) is 0 Å². The van der Waals surface area contributed by atoms with Gasteiger partial charge in [0.25, 0.3) is 0 Å². The number of thioether (sulfide) groups is 1. The minimum Gasteiger partial charge on any atom is -0.307 e. The van der Waals surface area contributed by atoms with E-state index in [2.05, 4.69) is 67.2 Å². The number of nitrogens with one attached hydrogen (secondary N) is 1. The van der Waals surface area contributed by atoms with Gasteiger partial charge in [0.1, 0.15) is 0 Å². The maximum absolute atomic E-state index is 4.76. The summed E-state index contributed by atoms with van der Waals surface area (Å²) in [5.41, 5.74) is 5.76. The lowest BCUT2D eigenvalue weighted by atomic mass is 10.0. The van der Waals surface area contributed by atoms with E-state index in [-0.39, 0.29) is 0 Å². The van der Waals surface area contributed by atoms with Crippen LogP contribution in [-0.4, -0.2) is 16.2 Å². The maximum Gasteiger partial charge on any atom is 0.190 e. The highest BCUT2D eigenvalue weighted by molar-refractivity contribution is 7.98. The van der Waals surface area contributed by atoms with Gasteiger partial charge < -0.3 is 5.32 Å². The first-order valence-corrected chi connectivity index (χ1v) is 10.8. The van der Waals surface area contributed by atoms with Crippen LogP contribution in [0.25, 0.3) is 21.5 Å². The lowest BCUT2D eigenvalue weighted by Gasteiger charge is -2.03. The third-order valence-electron chi connectivity index (χ3n) is 3.99. The summed E-state index contributed by atoms with van der Waals surface area (Å²) in [5.74, 6) is 0. The third kappa shape index (κ3) is 3.29. The van der Waals surface area contributed by atoms with Gasteiger partial charge in [-0.25, -0.2) is 9.97 Å². The minimum atomic E-state index is 0.876. The molecule has 0 aliphatic rings. The van der Waals surface area contributed by atoms with Crippen LogP contribution in [0.4, 0.5) is 10.3 Å². The number of aryl methyl sites for hydroxylation is 2. The average molecular weight is 384 g/mol. The van der Waals surface area contributed by atoms with Gasteiger partial charge in [-0.3, -0.25) is 0 Å². The summed E-state index contributed by atoms with van der Waals surface area (Å²) in [6, 6.07) is 12.8. The Morgan fingerprint density at radius 1 is 1.04 bits per heavy atom. The molecule has 0 unspecified atom stereocenters. The number of hydrogen-bond acceptors (Lipinski definition) is 6. The number of fused-ring (bicyclic) bond motifs is 1. The van der Waals surface area contributed by atoms with Crippen LogP contribution in [0.2, 0.25) is 0 Å². The van der Waals surface area contributed by atoms with E-state index in [0.29, 0.717) is 0 Å². The van der Waals surface area contributed by atoms with Crippen molar-refractivity contribution in [3.63, 3.8) is 0 Å². The van der Waals surface area contributed by atoms with Crippen LogP contribution in [0.15, 0.2) is 46.7 Å². The first-order chi connectivity index (χ1) is 12.1. The molecule has 0 saturated heterocycles. The minimum absolute atomic E-state index is 0.876. The van der Waals surface area contributed by atoms with Gasteiger partial charge >= 0.3 is 0 Å². The van der Waals surface area contributed by atoms with Gasteiger partial charge in [-0.2, -0.15) is 0 Å². The Morgan fingerprint density at radius 2 is 1.92 bits per heavy atom. The molecule has 2 heterocycles. The van der Waals surface area contributed by atoms with E-state index in [1.807, 2.05) is 0 Å². The lowest BCUT2D eigenvalue weighted by molar-refractivity contribution is 1.32. The number of benzene rings is 2. The standard InChI is InChI=1S/C19H17N3S3/c1-11-7-8-12(2)13(9-11)14-10-24-18(20-14)22-19-21-17-15(23-3)5-4-6-16(17)25-19/h4-10H,1-3H3,(H,20,21,22). The first kappa shape index (κ1) is 16.6. The predicted molar refractivity (Wildman–Crippen MR) is 112 cm³/mol. The van der Waals surface area contributed by atoms with Gasteiger partial charge in [0.15, 0.2) is 10.3 Å². The zero-order valence-electron chi connectivity index (χ0n) is 14.2. The van der Waals surface area contributed by atoms with Crippen LogP contribution >= 0.6 is 34.4 Å². The van der Waals surface area contributed by atoms with E-state index < -0.39 is 0 Å². The van der Waals surface area contributed by atoms with Gasteiger partial charge in [0.05, 0.1) is 15.9 Å². The van der Waals surface area contributed by atoms with E-state index in [0.717, 1.165) is 21.5 Å². The fourth-order valence-corrected chi connectivity index (χ4v) is 4.99. The zero-order valence-corrected chi connectivity index (χ0v) is 16.6. The molecule has 0 fully saturated rings. The molecule has 4 rings (SSSR count).